The topological polar surface area (TPSA) is 122 Å². The summed E-state index contributed by atoms with van der Waals surface area (Å²) in [5, 5.41) is 22.6. The first-order valence-corrected chi connectivity index (χ1v) is 7.15. The van der Waals surface area contributed by atoms with Crippen molar-refractivity contribution >= 4 is 23.3 Å². The number of carbonyl (C=O) groups is 2. The van der Waals surface area contributed by atoms with Gasteiger partial charge in [-0.15, -0.1) is 0 Å². The van der Waals surface area contributed by atoms with Crippen LogP contribution in [0.3, 0.4) is 0 Å². The number of anilines is 1. The van der Waals surface area contributed by atoms with Crippen LogP contribution in [-0.4, -0.2) is 54.8 Å². The third-order valence-corrected chi connectivity index (χ3v) is 3.32. The first-order chi connectivity index (χ1) is 11.2. The minimum absolute atomic E-state index is 0.0280. The number of ether oxygens (including phenoxy) is 1. The standard InChI is InChI=1S/C15H21N3O6/c1-15(10-24-3,8-14(20)21)16-13(19)9-17(2)11-6-4-5-7-12(11)18(22)23/h4-7H,8-10H2,1-3H3,(H,16,19)(H,20,21). The minimum Gasteiger partial charge on any atom is -0.481 e. The Balaban J connectivity index is 2.83. The number of methoxy groups -OCH3 is 1. The predicted octanol–water partition coefficient (Wildman–Crippen LogP) is 1.03. The van der Waals surface area contributed by atoms with E-state index in [0.29, 0.717) is 5.69 Å². The monoisotopic (exact) mass is 339 g/mol. The van der Waals surface area contributed by atoms with E-state index in [1.165, 1.54) is 30.2 Å². The van der Waals surface area contributed by atoms with E-state index in [1.54, 1.807) is 20.0 Å². The van der Waals surface area contributed by atoms with Crippen LogP contribution in [0, 0.1) is 10.1 Å². The molecule has 24 heavy (non-hydrogen) atoms. The number of nitrogens with one attached hydrogen (secondary N) is 1. The number of carbonyl (C=O) groups excluding carboxylic acids is 1. The molecule has 1 amide bonds. The van der Waals surface area contributed by atoms with Crippen molar-refractivity contribution in [3.05, 3.63) is 34.4 Å². The molecule has 0 aliphatic heterocycles. The van der Waals surface area contributed by atoms with Crippen molar-refractivity contribution in [2.45, 2.75) is 18.9 Å². The first-order valence-electron chi connectivity index (χ1n) is 7.15. The molecule has 0 fully saturated rings. The highest BCUT2D eigenvalue weighted by Crippen LogP contribution is 2.26. The van der Waals surface area contributed by atoms with Crippen molar-refractivity contribution in [2.75, 3.05) is 32.2 Å². The van der Waals surface area contributed by atoms with E-state index in [1.807, 2.05) is 0 Å². The second-order valence-electron chi connectivity index (χ2n) is 5.71. The molecule has 0 heterocycles. The van der Waals surface area contributed by atoms with Gasteiger partial charge in [0.15, 0.2) is 0 Å². The summed E-state index contributed by atoms with van der Waals surface area (Å²) in [6.07, 6.45) is -0.304. The number of benzene rings is 1. The second-order valence-corrected chi connectivity index (χ2v) is 5.71. The molecule has 0 saturated heterocycles. The molecule has 9 heteroatoms. The number of hydrogen-bond donors (Lipinski definition) is 2. The molecule has 9 nitrogen and oxygen atoms in total. The first kappa shape index (κ1) is 19.4. The zero-order valence-electron chi connectivity index (χ0n) is 13.8. The van der Waals surface area contributed by atoms with Crippen molar-refractivity contribution in [1.82, 2.24) is 5.32 Å². The Hall–Kier alpha value is -2.68. The lowest BCUT2D eigenvalue weighted by molar-refractivity contribution is -0.384. The summed E-state index contributed by atoms with van der Waals surface area (Å²) in [6, 6.07) is 6.06. The molecule has 1 aromatic rings. The van der Waals surface area contributed by atoms with E-state index in [-0.39, 0.29) is 25.3 Å². The number of amides is 1. The molecule has 0 radical (unpaired) electrons. The molecule has 1 atom stereocenters. The maximum atomic E-state index is 12.2. The molecular formula is C15H21N3O6. The summed E-state index contributed by atoms with van der Waals surface area (Å²) in [4.78, 5) is 35.1. The predicted molar refractivity (Wildman–Crippen MR) is 87.0 cm³/mol. The maximum absolute atomic E-state index is 12.2. The van der Waals surface area contributed by atoms with E-state index in [9.17, 15) is 19.7 Å². The SMILES string of the molecule is COCC(C)(CC(=O)O)NC(=O)CN(C)c1ccccc1[N+](=O)[O-]. The van der Waals surface area contributed by atoms with Crippen molar-refractivity contribution < 1.29 is 24.4 Å². The fourth-order valence-electron chi connectivity index (χ4n) is 2.40. The van der Waals surface area contributed by atoms with Crippen molar-refractivity contribution in [1.29, 1.82) is 0 Å². The van der Waals surface area contributed by atoms with E-state index < -0.39 is 22.3 Å². The average molecular weight is 339 g/mol. The fourth-order valence-corrected chi connectivity index (χ4v) is 2.40. The fraction of sp³-hybridized carbons (Fsp3) is 0.467. The number of para-hydroxylation sites is 2. The summed E-state index contributed by atoms with van der Waals surface area (Å²) >= 11 is 0. The van der Waals surface area contributed by atoms with Gasteiger partial charge in [-0.1, -0.05) is 12.1 Å². The van der Waals surface area contributed by atoms with Crippen LogP contribution in [0.5, 0.6) is 0 Å². The Labute approximate surface area is 139 Å². The van der Waals surface area contributed by atoms with E-state index >= 15 is 0 Å². The summed E-state index contributed by atoms with van der Waals surface area (Å²) in [6.45, 7) is 1.43. The molecule has 0 aliphatic carbocycles. The summed E-state index contributed by atoms with van der Waals surface area (Å²) in [5.74, 6) is -1.53. The number of rotatable bonds is 9. The van der Waals surface area contributed by atoms with Gasteiger partial charge >= 0.3 is 5.97 Å². The zero-order chi connectivity index (χ0) is 18.3. The lowest BCUT2D eigenvalue weighted by atomic mass is 9.99. The van der Waals surface area contributed by atoms with Crippen LogP contribution < -0.4 is 10.2 Å². The van der Waals surface area contributed by atoms with Gasteiger partial charge in [-0.05, 0) is 13.0 Å². The Kier molecular flexibility index (Phi) is 6.66. The highest BCUT2D eigenvalue weighted by molar-refractivity contribution is 5.83. The van der Waals surface area contributed by atoms with Crippen LogP contribution in [0.4, 0.5) is 11.4 Å². The van der Waals surface area contributed by atoms with E-state index in [4.69, 9.17) is 9.84 Å². The Morgan fingerprint density at radius 1 is 1.42 bits per heavy atom. The van der Waals surface area contributed by atoms with Crippen LogP contribution in [0.25, 0.3) is 0 Å². The van der Waals surface area contributed by atoms with Gasteiger partial charge in [-0.25, -0.2) is 0 Å². The van der Waals surface area contributed by atoms with Gasteiger partial charge in [0.25, 0.3) is 5.69 Å². The Morgan fingerprint density at radius 2 is 2.04 bits per heavy atom. The number of carboxylic acids is 1. The highest BCUT2D eigenvalue weighted by Gasteiger charge is 2.30. The molecule has 132 valence electrons. The van der Waals surface area contributed by atoms with Gasteiger partial charge < -0.3 is 20.1 Å². The highest BCUT2D eigenvalue weighted by atomic mass is 16.6. The average Bonchev–Trinajstić information content (AvgIpc) is 2.45. The molecular weight excluding hydrogens is 318 g/mol. The van der Waals surface area contributed by atoms with Gasteiger partial charge in [0.2, 0.25) is 5.91 Å². The van der Waals surface area contributed by atoms with Crippen LogP contribution in [0.15, 0.2) is 24.3 Å². The summed E-state index contributed by atoms with van der Waals surface area (Å²) in [5.41, 5.74) is -0.886. The Bertz CT molecular complexity index is 621. The molecule has 0 aliphatic rings. The normalized spacial score (nSPS) is 13.0. The van der Waals surface area contributed by atoms with Crippen molar-refractivity contribution in [3.63, 3.8) is 0 Å². The van der Waals surface area contributed by atoms with Crippen molar-refractivity contribution in [3.8, 4) is 0 Å². The zero-order valence-corrected chi connectivity index (χ0v) is 13.8. The molecule has 1 aromatic carbocycles. The molecule has 0 aromatic heterocycles. The molecule has 0 bridgehead atoms. The lowest BCUT2D eigenvalue weighted by Crippen LogP contribution is -2.53. The molecule has 1 rings (SSSR count). The second kappa shape index (κ2) is 8.25. The number of nitro benzene ring substituents is 1. The van der Waals surface area contributed by atoms with Crippen LogP contribution in [0.2, 0.25) is 0 Å². The number of nitro groups is 1. The molecule has 0 spiro atoms. The van der Waals surface area contributed by atoms with Crippen molar-refractivity contribution in [2.24, 2.45) is 0 Å². The maximum Gasteiger partial charge on any atom is 0.305 e. The van der Waals surface area contributed by atoms with Crippen LogP contribution in [0.1, 0.15) is 13.3 Å². The van der Waals surface area contributed by atoms with Gasteiger partial charge in [0.1, 0.15) is 5.69 Å². The number of nitrogens with zero attached hydrogens (tertiary/aromatic N) is 2. The third kappa shape index (κ3) is 5.51. The minimum atomic E-state index is -1.07. The smallest absolute Gasteiger partial charge is 0.305 e. The van der Waals surface area contributed by atoms with Gasteiger partial charge in [-0.3, -0.25) is 19.7 Å². The van der Waals surface area contributed by atoms with Gasteiger partial charge in [0.05, 0.1) is 30.0 Å². The van der Waals surface area contributed by atoms with Gasteiger partial charge in [-0.2, -0.15) is 0 Å². The number of hydrogen-bond acceptors (Lipinski definition) is 6. The van der Waals surface area contributed by atoms with Crippen LogP contribution in [-0.2, 0) is 14.3 Å². The number of likely N-dealkylation sites (N-methyl/N-ethyl adjacent to an activating group) is 1. The number of aliphatic carboxylic acids is 1. The van der Waals surface area contributed by atoms with E-state index in [0.717, 1.165) is 0 Å². The summed E-state index contributed by atoms with van der Waals surface area (Å²) in [7, 11) is 2.96. The molecule has 1 unspecified atom stereocenters. The Morgan fingerprint density at radius 3 is 2.58 bits per heavy atom. The van der Waals surface area contributed by atoms with E-state index in [2.05, 4.69) is 5.32 Å². The number of carboxylic acid groups (broad SMARTS) is 1. The lowest BCUT2D eigenvalue weighted by Gasteiger charge is -2.29. The van der Waals surface area contributed by atoms with Crippen LogP contribution >= 0.6 is 0 Å². The summed E-state index contributed by atoms with van der Waals surface area (Å²) < 4.78 is 4.97. The largest absolute Gasteiger partial charge is 0.481 e. The third-order valence-electron chi connectivity index (χ3n) is 3.32. The van der Waals surface area contributed by atoms with Gasteiger partial charge in [0, 0.05) is 20.2 Å². The quantitative estimate of drug-likeness (QED) is 0.509. The molecule has 0 saturated carbocycles. The molecule has 2 N–H and O–H groups in total.